The molecule has 3 rings (SSSR count). The first-order valence-electron chi connectivity index (χ1n) is 6.25. The normalized spacial score (nSPS) is 10.7. The molecule has 0 amide bonds. The molecule has 0 spiro atoms. The molecule has 0 radical (unpaired) electrons. The predicted molar refractivity (Wildman–Crippen MR) is 85.6 cm³/mol. The number of Topliss-reactive ketones (excluding diaryl/α,β-unsaturated/α-hetero) is 1. The molecule has 3 aromatic rings. The third kappa shape index (κ3) is 3.12. The van der Waals surface area contributed by atoms with Gasteiger partial charge in [-0.15, -0.1) is 0 Å². The first-order chi connectivity index (χ1) is 10.6. The molecule has 0 atom stereocenters. The molecule has 0 saturated heterocycles. The fourth-order valence-corrected chi connectivity index (χ4v) is 3.69. The summed E-state index contributed by atoms with van der Waals surface area (Å²) in [5.41, 5.74) is 1.05. The minimum Gasteiger partial charge on any atom is -0.293 e. The van der Waals surface area contributed by atoms with E-state index in [1.807, 2.05) is 12.1 Å². The zero-order valence-electron chi connectivity index (χ0n) is 11.1. The Morgan fingerprint density at radius 2 is 2.18 bits per heavy atom. The highest BCUT2D eigenvalue weighted by molar-refractivity contribution is 8.01. The van der Waals surface area contributed by atoms with Crippen LogP contribution in [-0.4, -0.2) is 26.4 Å². The van der Waals surface area contributed by atoms with Crippen LogP contribution in [0.3, 0.4) is 0 Å². The second-order valence-corrected chi connectivity index (χ2v) is 6.53. The van der Waals surface area contributed by atoms with E-state index in [0.717, 1.165) is 14.7 Å². The Morgan fingerprint density at radius 3 is 2.95 bits per heavy atom. The molecule has 2 heterocycles. The van der Waals surface area contributed by atoms with Crippen LogP contribution in [0.5, 0.6) is 0 Å². The van der Waals surface area contributed by atoms with E-state index in [4.69, 9.17) is 0 Å². The number of carbonyl (C=O) groups is 1. The number of ketones is 1. The number of nitro benzene ring substituents is 1. The van der Waals surface area contributed by atoms with Crippen LogP contribution in [0.25, 0.3) is 10.3 Å². The molecule has 110 valence electrons. The van der Waals surface area contributed by atoms with Gasteiger partial charge in [-0.05, 0) is 12.1 Å². The number of rotatable bonds is 5. The largest absolute Gasteiger partial charge is 0.293 e. The summed E-state index contributed by atoms with van der Waals surface area (Å²) in [7, 11) is 0. The van der Waals surface area contributed by atoms with Crippen molar-refractivity contribution in [3.63, 3.8) is 0 Å². The fourth-order valence-electron chi connectivity index (χ4n) is 1.82. The SMILES string of the molecule is O=C(CSc1nc2cccnc2s1)c1cccc([N+](=O)[O-])c1. The molecule has 8 heteroatoms. The molecule has 2 aromatic heterocycles. The maximum Gasteiger partial charge on any atom is 0.270 e. The lowest BCUT2D eigenvalue weighted by Crippen LogP contribution is -2.02. The van der Waals surface area contributed by atoms with E-state index >= 15 is 0 Å². The van der Waals surface area contributed by atoms with Gasteiger partial charge < -0.3 is 0 Å². The van der Waals surface area contributed by atoms with Crippen LogP contribution >= 0.6 is 23.1 Å². The van der Waals surface area contributed by atoms with E-state index in [1.54, 1.807) is 12.3 Å². The van der Waals surface area contributed by atoms with Crippen LogP contribution in [0.4, 0.5) is 5.69 Å². The number of non-ortho nitro benzene ring substituents is 1. The molecule has 6 nitrogen and oxygen atoms in total. The smallest absolute Gasteiger partial charge is 0.270 e. The maximum atomic E-state index is 12.1. The number of aromatic nitrogens is 2. The van der Waals surface area contributed by atoms with E-state index in [1.165, 1.54) is 41.3 Å². The van der Waals surface area contributed by atoms with Gasteiger partial charge in [0.25, 0.3) is 5.69 Å². The molecule has 0 bridgehead atoms. The summed E-state index contributed by atoms with van der Waals surface area (Å²) in [5, 5.41) is 10.7. The van der Waals surface area contributed by atoms with Crippen molar-refractivity contribution in [2.75, 3.05) is 5.75 Å². The summed E-state index contributed by atoms with van der Waals surface area (Å²) in [6.07, 6.45) is 1.70. The molecule has 0 aliphatic carbocycles. The first-order valence-corrected chi connectivity index (χ1v) is 8.06. The first kappa shape index (κ1) is 14.6. The lowest BCUT2D eigenvalue weighted by atomic mass is 10.1. The molecule has 0 saturated carbocycles. The van der Waals surface area contributed by atoms with Crippen molar-refractivity contribution in [3.8, 4) is 0 Å². The predicted octanol–water partition coefficient (Wildman–Crippen LogP) is 3.57. The summed E-state index contributed by atoms with van der Waals surface area (Å²) in [4.78, 5) is 31.8. The molecular formula is C14H9N3O3S2. The van der Waals surface area contributed by atoms with Crippen molar-refractivity contribution in [2.24, 2.45) is 0 Å². The number of fused-ring (bicyclic) bond motifs is 1. The molecule has 22 heavy (non-hydrogen) atoms. The van der Waals surface area contributed by atoms with Gasteiger partial charge in [0.05, 0.1) is 10.7 Å². The molecule has 0 N–H and O–H groups in total. The third-order valence-corrected chi connectivity index (χ3v) is 4.97. The van der Waals surface area contributed by atoms with Crippen molar-refractivity contribution in [2.45, 2.75) is 4.34 Å². The third-order valence-electron chi connectivity index (χ3n) is 2.85. The minimum absolute atomic E-state index is 0.0833. The van der Waals surface area contributed by atoms with Gasteiger partial charge in [0.15, 0.2) is 10.1 Å². The van der Waals surface area contributed by atoms with Crippen molar-refractivity contribution >= 4 is 44.9 Å². The average Bonchev–Trinajstić information content (AvgIpc) is 2.95. The van der Waals surface area contributed by atoms with Crippen LogP contribution in [0.1, 0.15) is 10.4 Å². The number of hydrogen-bond acceptors (Lipinski definition) is 7. The summed E-state index contributed by atoms with van der Waals surface area (Å²) < 4.78 is 0.757. The summed E-state index contributed by atoms with van der Waals surface area (Å²) in [5.74, 6) is 0.0157. The highest BCUT2D eigenvalue weighted by Crippen LogP contribution is 2.28. The summed E-state index contributed by atoms with van der Waals surface area (Å²) in [6, 6.07) is 9.43. The molecular weight excluding hydrogens is 322 g/mol. The number of benzene rings is 1. The van der Waals surface area contributed by atoms with Crippen LogP contribution in [0.15, 0.2) is 46.9 Å². The van der Waals surface area contributed by atoms with Gasteiger partial charge >= 0.3 is 0 Å². The van der Waals surface area contributed by atoms with E-state index in [2.05, 4.69) is 9.97 Å². The Bertz CT molecular complexity index is 830. The summed E-state index contributed by atoms with van der Waals surface area (Å²) in [6.45, 7) is 0. The number of pyridine rings is 1. The van der Waals surface area contributed by atoms with Gasteiger partial charge in [0, 0.05) is 23.9 Å². The highest BCUT2D eigenvalue weighted by atomic mass is 32.2. The Kier molecular flexibility index (Phi) is 4.12. The number of carbonyl (C=O) groups excluding carboxylic acids is 1. The molecule has 0 fully saturated rings. The number of thiazole rings is 1. The van der Waals surface area contributed by atoms with Gasteiger partial charge in [-0.2, -0.15) is 0 Å². The van der Waals surface area contributed by atoms with Gasteiger partial charge in [-0.1, -0.05) is 35.2 Å². The number of nitrogens with zero attached hydrogens (tertiary/aromatic N) is 3. The second kappa shape index (κ2) is 6.20. The molecule has 0 aliphatic rings. The second-order valence-electron chi connectivity index (χ2n) is 4.33. The average molecular weight is 331 g/mol. The Balaban J connectivity index is 1.71. The van der Waals surface area contributed by atoms with Crippen LogP contribution in [0, 0.1) is 10.1 Å². The summed E-state index contributed by atoms with van der Waals surface area (Å²) >= 11 is 2.73. The molecule has 1 aromatic carbocycles. The minimum atomic E-state index is -0.511. The van der Waals surface area contributed by atoms with Gasteiger partial charge in [0.2, 0.25) is 0 Å². The van der Waals surface area contributed by atoms with E-state index in [-0.39, 0.29) is 17.2 Å². The van der Waals surface area contributed by atoms with Gasteiger partial charge in [0.1, 0.15) is 10.3 Å². The van der Waals surface area contributed by atoms with Gasteiger partial charge in [-0.25, -0.2) is 9.97 Å². The standard InChI is InChI=1S/C14H9N3O3S2/c18-12(9-3-1-4-10(7-9)17(19)20)8-21-14-16-11-5-2-6-15-13(11)22-14/h1-7H,8H2. The lowest BCUT2D eigenvalue weighted by molar-refractivity contribution is -0.384. The van der Waals surface area contributed by atoms with Crippen molar-refractivity contribution in [1.29, 1.82) is 0 Å². The molecule has 0 unspecified atom stereocenters. The van der Waals surface area contributed by atoms with Crippen LogP contribution < -0.4 is 0 Å². The van der Waals surface area contributed by atoms with Crippen LogP contribution in [0.2, 0.25) is 0 Å². The van der Waals surface area contributed by atoms with E-state index in [9.17, 15) is 14.9 Å². The van der Waals surface area contributed by atoms with E-state index < -0.39 is 4.92 Å². The number of hydrogen-bond donors (Lipinski definition) is 0. The Hall–Kier alpha value is -2.32. The monoisotopic (exact) mass is 331 g/mol. The Morgan fingerprint density at radius 1 is 1.32 bits per heavy atom. The molecule has 0 aliphatic heterocycles. The quantitative estimate of drug-likeness (QED) is 0.307. The van der Waals surface area contributed by atoms with E-state index in [0.29, 0.717) is 5.56 Å². The van der Waals surface area contributed by atoms with Crippen LogP contribution in [-0.2, 0) is 0 Å². The zero-order chi connectivity index (χ0) is 15.5. The fraction of sp³-hybridized carbons (Fsp3) is 0.0714. The van der Waals surface area contributed by atoms with Crippen molar-refractivity contribution < 1.29 is 9.72 Å². The topological polar surface area (TPSA) is 86.0 Å². The van der Waals surface area contributed by atoms with Gasteiger partial charge in [-0.3, -0.25) is 14.9 Å². The van der Waals surface area contributed by atoms with Crippen molar-refractivity contribution in [1.82, 2.24) is 9.97 Å². The lowest BCUT2D eigenvalue weighted by Gasteiger charge is -1.99. The zero-order valence-corrected chi connectivity index (χ0v) is 12.8. The van der Waals surface area contributed by atoms with Crippen molar-refractivity contribution in [3.05, 3.63) is 58.3 Å². The highest BCUT2D eigenvalue weighted by Gasteiger charge is 2.13. The Labute approximate surface area is 133 Å². The number of nitro groups is 1. The number of thioether (sulfide) groups is 1. The maximum absolute atomic E-state index is 12.1.